The van der Waals surface area contributed by atoms with E-state index in [0.29, 0.717) is 0 Å². The Balaban J connectivity index is 3.64. The molecule has 0 amide bonds. The van der Waals surface area contributed by atoms with Gasteiger partial charge in [0.05, 0.1) is 0 Å². The summed E-state index contributed by atoms with van der Waals surface area (Å²) in [5.74, 6) is 1.89. The van der Waals surface area contributed by atoms with Crippen LogP contribution in [0.1, 0.15) is 13.8 Å². The van der Waals surface area contributed by atoms with Crippen LogP contribution in [0.4, 0.5) is 0 Å². The summed E-state index contributed by atoms with van der Waals surface area (Å²) in [6.07, 6.45) is 4.77. The Morgan fingerprint density at radius 3 is 2.14 bits per heavy atom. The normalized spacial score (nSPS) is 8.29. The summed E-state index contributed by atoms with van der Waals surface area (Å²) < 4.78 is 0. The van der Waals surface area contributed by atoms with Crippen LogP contribution in [-0.4, -0.2) is 5.78 Å². The Kier molecular flexibility index (Phi) is 2.15. The second-order valence-corrected chi connectivity index (χ2v) is 1.66. The molecule has 0 unspecified atom stereocenters. The first-order valence-corrected chi connectivity index (χ1v) is 2.19. The third-order valence-corrected chi connectivity index (χ3v) is 0.667. The molecule has 0 radical (unpaired) electrons. The van der Waals surface area contributed by atoms with Crippen molar-refractivity contribution in [2.75, 3.05) is 0 Å². The first-order valence-electron chi connectivity index (χ1n) is 2.19. The minimum atomic E-state index is -0.125. The van der Waals surface area contributed by atoms with Crippen LogP contribution in [0.25, 0.3) is 0 Å². The average molecular weight is 96.1 g/mol. The van der Waals surface area contributed by atoms with Gasteiger partial charge in [-0.05, 0) is 5.92 Å². The number of Topliss-reactive ketones (excluding diaryl/α,β-unsaturated/α-hetero) is 1. The van der Waals surface area contributed by atoms with Crippen LogP contribution < -0.4 is 0 Å². The molecule has 0 aliphatic heterocycles. The Hall–Kier alpha value is -0.770. The van der Waals surface area contributed by atoms with Gasteiger partial charge in [-0.3, -0.25) is 4.79 Å². The lowest BCUT2D eigenvalue weighted by molar-refractivity contribution is -0.116. The van der Waals surface area contributed by atoms with E-state index in [1.54, 1.807) is 13.8 Å². The smallest absolute Gasteiger partial charge is 0.207 e. The van der Waals surface area contributed by atoms with Gasteiger partial charge in [0.2, 0.25) is 5.78 Å². The Labute approximate surface area is 43.7 Å². The molecule has 0 bridgehead atoms. The van der Waals surface area contributed by atoms with E-state index in [1.165, 1.54) is 0 Å². The van der Waals surface area contributed by atoms with Gasteiger partial charge in [-0.15, -0.1) is 6.42 Å². The molecule has 7 heavy (non-hydrogen) atoms. The molecule has 0 N–H and O–H groups in total. The summed E-state index contributed by atoms with van der Waals surface area (Å²) in [6.45, 7) is 3.56. The second-order valence-electron chi connectivity index (χ2n) is 1.66. The van der Waals surface area contributed by atoms with Gasteiger partial charge in [-0.2, -0.15) is 0 Å². The van der Waals surface area contributed by atoms with Crippen LogP contribution in [-0.2, 0) is 4.79 Å². The van der Waals surface area contributed by atoms with Crippen molar-refractivity contribution < 1.29 is 4.79 Å². The first-order chi connectivity index (χ1) is 3.18. The first kappa shape index (κ1) is 6.23. The quantitative estimate of drug-likeness (QED) is 0.349. The molecule has 1 nitrogen and oxygen atoms in total. The monoisotopic (exact) mass is 96.1 g/mol. The van der Waals surface area contributed by atoms with Crippen molar-refractivity contribution in [1.82, 2.24) is 0 Å². The van der Waals surface area contributed by atoms with E-state index < -0.39 is 0 Å². The van der Waals surface area contributed by atoms with E-state index in [2.05, 4.69) is 0 Å². The molecular formula is C6H8O. The lowest BCUT2D eigenvalue weighted by atomic mass is 10.1. The number of rotatable bonds is 1. The molecule has 0 heterocycles. The van der Waals surface area contributed by atoms with Crippen LogP contribution in [0.3, 0.4) is 0 Å². The molecule has 38 valence electrons. The van der Waals surface area contributed by atoms with E-state index in [-0.39, 0.29) is 11.7 Å². The van der Waals surface area contributed by atoms with Gasteiger partial charge in [-0.1, -0.05) is 13.8 Å². The van der Waals surface area contributed by atoms with E-state index >= 15 is 0 Å². The standard InChI is InChI=1S/C6H8O/c1-4-6(7)5(2)3/h1,5H,2-3H3. The fourth-order valence-electron chi connectivity index (χ4n) is 0.167. The summed E-state index contributed by atoms with van der Waals surface area (Å²) in [6, 6.07) is 0. The number of carbonyl (C=O) groups excluding carboxylic acids is 1. The maximum absolute atomic E-state index is 10.3. The largest absolute Gasteiger partial charge is 0.285 e. The van der Waals surface area contributed by atoms with Crippen molar-refractivity contribution in [3.63, 3.8) is 0 Å². The van der Waals surface area contributed by atoms with Crippen molar-refractivity contribution in [3.8, 4) is 12.3 Å². The molecule has 0 atom stereocenters. The molecule has 0 saturated heterocycles. The molecule has 0 fully saturated rings. The molecule has 0 aromatic carbocycles. The summed E-state index contributed by atoms with van der Waals surface area (Å²) in [5.41, 5.74) is 0. The van der Waals surface area contributed by atoms with Crippen molar-refractivity contribution in [1.29, 1.82) is 0 Å². The highest BCUT2D eigenvalue weighted by molar-refractivity contribution is 5.96. The zero-order valence-corrected chi connectivity index (χ0v) is 4.56. The summed E-state index contributed by atoms with van der Waals surface area (Å²) in [4.78, 5) is 10.3. The van der Waals surface area contributed by atoms with Gasteiger partial charge in [0.1, 0.15) is 0 Å². The minimum Gasteiger partial charge on any atom is -0.285 e. The lowest BCUT2D eigenvalue weighted by Gasteiger charge is -1.90. The van der Waals surface area contributed by atoms with Crippen LogP contribution in [0, 0.1) is 18.3 Å². The molecule has 1 heteroatoms. The Morgan fingerprint density at radius 1 is 1.71 bits per heavy atom. The van der Waals surface area contributed by atoms with E-state index in [0.717, 1.165) is 0 Å². The van der Waals surface area contributed by atoms with Crippen LogP contribution in [0.5, 0.6) is 0 Å². The van der Waals surface area contributed by atoms with Crippen LogP contribution >= 0.6 is 0 Å². The molecule has 0 saturated carbocycles. The molecule has 0 aromatic rings. The van der Waals surface area contributed by atoms with Crippen molar-refractivity contribution >= 4 is 5.78 Å². The van der Waals surface area contributed by atoms with Crippen molar-refractivity contribution in [3.05, 3.63) is 0 Å². The molecule has 0 aliphatic carbocycles. The third-order valence-electron chi connectivity index (χ3n) is 0.667. The van der Waals surface area contributed by atoms with Gasteiger partial charge in [0.25, 0.3) is 0 Å². The molecule has 0 rings (SSSR count). The number of hydrogen-bond donors (Lipinski definition) is 0. The number of terminal acetylenes is 1. The fraction of sp³-hybridized carbons (Fsp3) is 0.500. The maximum atomic E-state index is 10.3. The van der Waals surface area contributed by atoms with Gasteiger partial charge in [0, 0.05) is 5.92 Å². The summed E-state index contributed by atoms with van der Waals surface area (Å²) in [7, 11) is 0. The lowest BCUT2D eigenvalue weighted by Crippen LogP contribution is -2.01. The molecule has 0 aromatic heterocycles. The topological polar surface area (TPSA) is 17.1 Å². The van der Waals surface area contributed by atoms with Crippen molar-refractivity contribution in [2.45, 2.75) is 13.8 Å². The molecule has 0 spiro atoms. The zero-order chi connectivity index (χ0) is 5.86. The number of carbonyl (C=O) groups is 1. The SMILES string of the molecule is C#CC(=O)C(C)C. The summed E-state index contributed by atoms with van der Waals surface area (Å²) >= 11 is 0. The highest BCUT2D eigenvalue weighted by Crippen LogP contribution is 1.89. The van der Waals surface area contributed by atoms with E-state index in [4.69, 9.17) is 6.42 Å². The Bertz CT molecular complexity index is 106. The van der Waals surface area contributed by atoms with Crippen LogP contribution in [0.15, 0.2) is 0 Å². The maximum Gasteiger partial charge on any atom is 0.207 e. The van der Waals surface area contributed by atoms with Gasteiger partial charge in [-0.25, -0.2) is 0 Å². The molecule has 0 aliphatic rings. The van der Waals surface area contributed by atoms with Crippen LogP contribution in [0.2, 0.25) is 0 Å². The third kappa shape index (κ3) is 1.99. The molecular weight excluding hydrogens is 88.1 g/mol. The van der Waals surface area contributed by atoms with Gasteiger partial charge in [0.15, 0.2) is 0 Å². The number of hydrogen-bond acceptors (Lipinski definition) is 1. The van der Waals surface area contributed by atoms with Gasteiger partial charge < -0.3 is 0 Å². The fourth-order valence-corrected chi connectivity index (χ4v) is 0.167. The minimum absolute atomic E-state index is 0.00926. The highest BCUT2D eigenvalue weighted by atomic mass is 16.1. The van der Waals surface area contributed by atoms with E-state index in [1.807, 2.05) is 5.92 Å². The van der Waals surface area contributed by atoms with Gasteiger partial charge >= 0.3 is 0 Å². The average Bonchev–Trinajstić information content (AvgIpc) is 1.65. The summed E-state index contributed by atoms with van der Waals surface area (Å²) in [5, 5.41) is 0. The number of ketones is 1. The highest BCUT2D eigenvalue weighted by Gasteiger charge is 1.99. The second kappa shape index (κ2) is 2.41. The zero-order valence-electron chi connectivity index (χ0n) is 4.56. The van der Waals surface area contributed by atoms with Crippen molar-refractivity contribution in [2.24, 2.45) is 5.92 Å². The predicted molar refractivity (Wildman–Crippen MR) is 28.7 cm³/mol. The van der Waals surface area contributed by atoms with E-state index in [9.17, 15) is 4.79 Å². The predicted octanol–water partition coefficient (Wildman–Crippen LogP) is 0.845. The Morgan fingerprint density at radius 2 is 2.14 bits per heavy atom.